The predicted molar refractivity (Wildman–Crippen MR) is 132 cm³/mol. The number of carbonyl (C=O) groups excluding carboxylic acids is 3. The van der Waals surface area contributed by atoms with E-state index in [2.05, 4.69) is 10.3 Å². The van der Waals surface area contributed by atoms with E-state index in [4.69, 9.17) is 9.47 Å². The molecule has 1 aliphatic heterocycles. The van der Waals surface area contributed by atoms with Crippen molar-refractivity contribution in [2.75, 3.05) is 39.2 Å². The fraction of sp³-hybridized carbons (Fsp3) is 0.462. The van der Waals surface area contributed by atoms with E-state index in [1.165, 1.54) is 6.92 Å². The second-order valence-corrected chi connectivity index (χ2v) is 9.03. The van der Waals surface area contributed by atoms with Gasteiger partial charge in [-0.2, -0.15) is 0 Å². The lowest BCUT2D eigenvalue weighted by Gasteiger charge is -2.36. The van der Waals surface area contributed by atoms with Crippen molar-refractivity contribution in [1.29, 1.82) is 0 Å². The average molecular weight is 483 g/mol. The van der Waals surface area contributed by atoms with E-state index in [9.17, 15) is 14.4 Å². The van der Waals surface area contributed by atoms with Crippen molar-refractivity contribution < 1.29 is 23.9 Å². The molecule has 0 saturated heterocycles. The summed E-state index contributed by atoms with van der Waals surface area (Å²) in [5.74, 6) is -0.178. The SMILES string of the molecule is CO[C@@H]1CN(C)C(=O)c2cc(NC(C)=O)ccc2OC[C@H](C)N(C(=O)Cc2ccccn2)C[C@H]1C. The summed E-state index contributed by atoms with van der Waals surface area (Å²) in [5.41, 5.74) is 1.54. The van der Waals surface area contributed by atoms with Crippen LogP contribution in [0.5, 0.6) is 5.75 Å². The van der Waals surface area contributed by atoms with Gasteiger partial charge in [-0.15, -0.1) is 0 Å². The molecule has 9 nitrogen and oxygen atoms in total. The summed E-state index contributed by atoms with van der Waals surface area (Å²) >= 11 is 0. The number of amides is 3. The smallest absolute Gasteiger partial charge is 0.257 e. The van der Waals surface area contributed by atoms with Crippen LogP contribution in [-0.2, 0) is 20.7 Å². The summed E-state index contributed by atoms with van der Waals surface area (Å²) in [6.07, 6.45) is 1.57. The van der Waals surface area contributed by atoms with Crippen LogP contribution in [0.2, 0.25) is 0 Å². The lowest BCUT2D eigenvalue weighted by Crippen LogP contribution is -2.49. The number of pyridine rings is 1. The van der Waals surface area contributed by atoms with Gasteiger partial charge in [0.25, 0.3) is 5.91 Å². The average Bonchev–Trinajstić information content (AvgIpc) is 2.83. The van der Waals surface area contributed by atoms with E-state index in [1.807, 2.05) is 32.0 Å². The zero-order valence-corrected chi connectivity index (χ0v) is 21.0. The molecule has 3 amide bonds. The van der Waals surface area contributed by atoms with Crippen molar-refractivity contribution in [3.63, 3.8) is 0 Å². The van der Waals surface area contributed by atoms with E-state index in [0.717, 1.165) is 0 Å². The monoisotopic (exact) mass is 482 g/mol. The molecule has 0 saturated carbocycles. The molecule has 1 aliphatic rings. The largest absolute Gasteiger partial charge is 0.491 e. The predicted octanol–water partition coefficient (Wildman–Crippen LogP) is 2.62. The van der Waals surface area contributed by atoms with Crippen LogP contribution in [0.25, 0.3) is 0 Å². The van der Waals surface area contributed by atoms with Crippen LogP contribution in [-0.4, -0.2) is 78.5 Å². The molecule has 2 aromatic rings. The summed E-state index contributed by atoms with van der Waals surface area (Å²) in [6, 6.07) is 10.2. The number of aromatic nitrogens is 1. The minimum Gasteiger partial charge on any atom is -0.491 e. The highest BCUT2D eigenvalue weighted by Gasteiger charge is 2.30. The Morgan fingerprint density at radius 2 is 1.97 bits per heavy atom. The first kappa shape index (κ1) is 26.2. The number of benzene rings is 1. The van der Waals surface area contributed by atoms with Gasteiger partial charge in [-0.3, -0.25) is 19.4 Å². The third kappa shape index (κ3) is 6.79. The van der Waals surface area contributed by atoms with Crippen molar-refractivity contribution in [2.45, 2.75) is 39.3 Å². The topological polar surface area (TPSA) is 101 Å². The maximum absolute atomic E-state index is 13.3. The zero-order chi connectivity index (χ0) is 25.5. The Bertz CT molecular complexity index is 1050. The molecule has 1 aromatic heterocycles. The van der Waals surface area contributed by atoms with Crippen molar-refractivity contribution in [3.8, 4) is 5.75 Å². The molecular formula is C26H34N4O5. The van der Waals surface area contributed by atoms with Gasteiger partial charge in [0.05, 0.1) is 24.1 Å². The highest BCUT2D eigenvalue weighted by atomic mass is 16.5. The highest BCUT2D eigenvalue weighted by Crippen LogP contribution is 2.26. The van der Waals surface area contributed by atoms with E-state index < -0.39 is 0 Å². The molecule has 3 rings (SSSR count). The van der Waals surface area contributed by atoms with E-state index in [0.29, 0.717) is 35.8 Å². The van der Waals surface area contributed by atoms with Crippen molar-refractivity contribution >= 4 is 23.4 Å². The summed E-state index contributed by atoms with van der Waals surface area (Å²) in [5, 5.41) is 2.71. The molecule has 0 radical (unpaired) electrons. The minimum atomic E-state index is -0.288. The summed E-state index contributed by atoms with van der Waals surface area (Å²) < 4.78 is 11.8. The van der Waals surface area contributed by atoms with Gasteiger partial charge in [0.1, 0.15) is 12.4 Å². The Morgan fingerprint density at radius 1 is 1.20 bits per heavy atom. The second kappa shape index (κ2) is 11.8. The van der Waals surface area contributed by atoms with Crippen LogP contribution in [0.4, 0.5) is 5.69 Å². The van der Waals surface area contributed by atoms with Gasteiger partial charge in [0.2, 0.25) is 11.8 Å². The number of ether oxygens (including phenoxy) is 2. The molecule has 0 spiro atoms. The first-order valence-corrected chi connectivity index (χ1v) is 11.7. The van der Waals surface area contributed by atoms with Crippen LogP contribution in [0, 0.1) is 5.92 Å². The third-order valence-electron chi connectivity index (χ3n) is 6.14. The second-order valence-electron chi connectivity index (χ2n) is 9.03. The lowest BCUT2D eigenvalue weighted by atomic mass is 10.0. The number of methoxy groups -OCH3 is 1. The first-order chi connectivity index (χ1) is 16.7. The van der Waals surface area contributed by atoms with Gasteiger partial charge in [0.15, 0.2) is 0 Å². The quantitative estimate of drug-likeness (QED) is 0.719. The van der Waals surface area contributed by atoms with Crippen LogP contribution < -0.4 is 10.1 Å². The third-order valence-corrected chi connectivity index (χ3v) is 6.14. The number of fused-ring (bicyclic) bond motifs is 1. The molecule has 1 N–H and O–H groups in total. The molecule has 2 heterocycles. The Hall–Kier alpha value is -3.46. The Balaban J connectivity index is 1.94. The molecule has 3 atom stereocenters. The van der Waals surface area contributed by atoms with Gasteiger partial charge in [-0.05, 0) is 37.3 Å². The molecule has 0 unspecified atom stereocenters. The summed E-state index contributed by atoms with van der Waals surface area (Å²) in [7, 11) is 3.31. The number of hydrogen-bond donors (Lipinski definition) is 1. The van der Waals surface area contributed by atoms with Crippen LogP contribution in [0.3, 0.4) is 0 Å². The number of anilines is 1. The maximum atomic E-state index is 13.3. The van der Waals surface area contributed by atoms with Gasteiger partial charge in [-0.25, -0.2) is 0 Å². The van der Waals surface area contributed by atoms with Gasteiger partial charge in [-0.1, -0.05) is 13.0 Å². The van der Waals surface area contributed by atoms with Crippen molar-refractivity contribution in [3.05, 3.63) is 53.9 Å². The van der Waals surface area contributed by atoms with Gasteiger partial charge >= 0.3 is 0 Å². The Labute approximate surface area is 206 Å². The fourth-order valence-electron chi connectivity index (χ4n) is 4.16. The number of likely N-dealkylation sites (N-methyl/N-ethyl adjacent to an activating group) is 1. The molecule has 1 aromatic carbocycles. The normalized spacial score (nSPS) is 21.3. The van der Waals surface area contributed by atoms with E-state index >= 15 is 0 Å². The number of carbonyl (C=O) groups is 3. The lowest BCUT2D eigenvalue weighted by molar-refractivity contribution is -0.134. The number of rotatable bonds is 4. The number of nitrogens with zero attached hydrogens (tertiary/aromatic N) is 3. The van der Waals surface area contributed by atoms with Crippen molar-refractivity contribution in [1.82, 2.24) is 14.8 Å². The van der Waals surface area contributed by atoms with Crippen LogP contribution in [0.15, 0.2) is 42.6 Å². The maximum Gasteiger partial charge on any atom is 0.257 e. The molecule has 9 heteroatoms. The minimum absolute atomic E-state index is 0.0463. The molecule has 35 heavy (non-hydrogen) atoms. The molecule has 0 bridgehead atoms. The van der Waals surface area contributed by atoms with Crippen molar-refractivity contribution in [2.24, 2.45) is 5.92 Å². The Morgan fingerprint density at radius 3 is 2.63 bits per heavy atom. The highest BCUT2D eigenvalue weighted by molar-refractivity contribution is 5.99. The Kier molecular flexibility index (Phi) is 8.81. The molecular weight excluding hydrogens is 448 g/mol. The first-order valence-electron chi connectivity index (χ1n) is 11.7. The number of nitrogens with one attached hydrogen (secondary N) is 1. The summed E-state index contributed by atoms with van der Waals surface area (Å²) in [6.45, 7) is 6.32. The van der Waals surface area contributed by atoms with Gasteiger partial charge < -0.3 is 24.6 Å². The standard InChI is InChI=1S/C26H34N4O5/c1-17-14-30(25(32)13-20-8-6-7-11-27-20)18(2)16-35-23-10-9-21(28-19(3)31)12-22(23)26(33)29(4)15-24(17)34-5/h6-12,17-18,24H,13-16H2,1-5H3,(H,28,31)/t17-,18+,24-/m1/s1. The zero-order valence-electron chi connectivity index (χ0n) is 21.0. The van der Waals surface area contributed by atoms with Crippen LogP contribution >= 0.6 is 0 Å². The van der Waals surface area contributed by atoms with Gasteiger partial charge in [0, 0.05) is 57.7 Å². The van der Waals surface area contributed by atoms with Crippen LogP contribution in [0.1, 0.15) is 36.8 Å². The van der Waals surface area contributed by atoms with E-state index in [1.54, 1.807) is 48.4 Å². The summed E-state index contributed by atoms with van der Waals surface area (Å²) in [4.78, 5) is 45.9. The molecule has 188 valence electrons. The molecule has 0 aliphatic carbocycles. The van der Waals surface area contributed by atoms with E-state index in [-0.39, 0.29) is 48.8 Å². The molecule has 0 fully saturated rings. The fourth-order valence-corrected chi connectivity index (χ4v) is 4.16. The number of hydrogen-bond acceptors (Lipinski definition) is 6.